The van der Waals surface area contributed by atoms with Crippen molar-refractivity contribution in [3.63, 3.8) is 0 Å². The topological polar surface area (TPSA) is 77.1 Å². The number of fused-ring (bicyclic) bond motifs is 1. The average molecular weight is 217 g/mol. The fourth-order valence-electron chi connectivity index (χ4n) is 1.64. The van der Waals surface area contributed by atoms with Crippen LogP contribution < -0.4 is 16.6 Å². The molecule has 0 radical (unpaired) electrons. The summed E-state index contributed by atoms with van der Waals surface area (Å²) in [4.78, 5) is 22.5. The van der Waals surface area contributed by atoms with Crippen LogP contribution in [0.1, 0.15) is 0 Å². The predicted octanol–water partition coefficient (Wildman–Crippen LogP) is 1.03. The van der Waals surface area contributed by atoms with Gasteiger partial charge in [0, 0.05) is 12.4 Å². The molecule has 0 unspecified atom stereocenters. The Bertz CT molecular complexity index is 616. The monoisotopic (exact) mass is 217 g/mol. The van der Waals surface area contributed by atoms with Crippen molar-refractivity contribution in [2.75, 3.05) is 5.32 Å². The Labute approximate surface area is 91.5 Å². The highest BCUT2D eigenvalue weighted by Gasteiger charge is 2.07. The highest BCUT2D eigenvalue weighted by Crippen LogP contribution is 2.14. The van der Waals surface area contributed by atoms with E-state index in [1.807, 2.05) is 24.3 Å². The van der Waals surface area contributed by atoms with Gasteiger partial charge in [-0.15, -0.1) is 0 Å². The number of anilines is 1. The van der Waals surface area contributed by atoms with E-state index >= 15 is 0 Å². The van der Waals surface area contributed by atoms with Crippen LogP contribution in [-0.4, -0.2) is 10.6 Å². The van der Waals surface area contributed by atoms with Crippen LogP contribution in [0.2, 0.25) is 0 Å². The number of carbonyl (C=O) groups excluding carboxylic acids is 1. The molecule has 5 nitrogen and oxygen atoms in total. The summed E-state index contributed by atoms with van der Waals surface area (Å²) in [7, 11) is 1.65. The maximum absolute atomic E-state index is 11.8. The van der Waals surface area contributed by atoms with Crippen LogP contribution in [-0.2, 0) is 7.05 Å². The van der Waals surface area contributed by atoms with Crippen LogP contribution in [0.15, 0.2) is 35.1 Å². The minimum absolute atomic E-state index is 0.189. The Kier molecular flexibility index (Phi) is 2.36. The van der Waals surface area contributed by atoms with E-state index in [1.54, 1.807) is 13.1 Å². The number of urea groups is 1. The molecule has 82 valence electrons. The summed E-state index contributed by atoms with van der Waals surface area (Å²) in [5.41, 5.74) is 5.71. The zero-order chi connectivity index (χ0) is 11.7. The summed E-state index contributed by atoms with van der Waals surface area (Å²) < 4.78 is 1.47. The van der Waals surface area contributed by atoms with Gasteiger partial charge in [-0.3, -0.25) is 4.79 Å². The van der Waals surface area contributed by atoms with Crippen molar-refractivity contribution in [3.8, 4) is 0 Å². The number of hydrogen-bond acceptors (Lipinski definition) is 2. The van der Waals surface area contributed by atoms with Crippen LogP contribution in [0.4, 0.5) is 10.5 Å². The van der Waals surface area contributed by atoms with E-state index < -0.39 is 6.03 Å². The minimum Gasteiger partial charge on any atom is -0.351 e. The maximum atomic E-state index is 11.8. The number of pyridine rings is 1. The second kappa shape index (κ2) is 3.69. The Morgan fingerprint density at radius 3 is 2.75 bits per heavy atom. The summed E-state index contributed by atoms with van der Waals surface area (Å²) in [5.74, 6) is 0. The third-order valence-electron chi connectivity index (χ3n) is 2.39. The summed E-state index contributed by atoms with van der Waals surface area (Å²) >= 11 is 0. The van der Waals surface area contributed by atoms with Crippen LogP contribution >= 0.6 is 0 Å². The van der Waals surface area contributed by atoms with E-state index in [-0.39, 0.29) is 11.2 Å². The molecular weight excluding hydrogens is 206 g/mol. The Hall–Kier alpha value is -2.30. The molecule has 2 rings (SSSR count). The summed E-state index contributed by atoms with van der Waals surface area (Å²) in [5, 5.41) is 3.18. The number of para-hydroxylation sites is 1. The fourth-order valence-corrected chi connectivity index (χ4v) is 1.64. The number of aryl methyl sites for hydroxylation is 1. The molecule has 0 fully saturated rings. The lowest BCUT2D eigenvalue weighted by Gasteiger charge is -2.08. The van der Waals surface area contributed by atoms with Crippen LogP contribution in [0.3, 0.4) is 0 Å². The smallest absolute Gasteiger partial charge is 0.316 e. The van der Waals surface area contributed by atoms with Crippen molar-refractivity contribution in [3.05, 3.63) is 40.7 Å². The highest BCUT2D eigenvalue weighted by atomic mass is 16.2. The first kappa shape index (κ1) is 10.2. The largest absolute Gasteiger partial charge is 0.351 e. The Morgan fingerprint density at radius 1 is 1.38 bits per heavy atom. The van der Waals surface area contributed by atoms with Gasteiger partial charge < -0.3 is 15.6 Å². The lowest BCUT2D eigenvalue weighted by Crippen LogP contribution is -2.27. The molecule has 16 heavy (non-hydrogen) atoms. The number of nitrogens with zero attached hydrogens (tertiary/aromatic N) is 1. The SMILES string of the molecule is Cn1c(=O)c(NC(N)=O)cc2ccccc21. The van der Waals surface area contributed by atoms with E-state index in [1.165, 1.54) is 4.57 Å². The molecule has 1 heterocycles. The van der Waals surface area contributed by atoms with Crippen LogP contribution in [0.25, 0.3) is 10.9 Å². The molecule has 3 N–H and O–H groups in total. The number of amides is 2. The first-order valence-corrected chi connectivity index (χ1v) is 4.75. The zero-order valence-corrected chi connectivity index (χ0v) is 8.73. The zero-order valence-electron chi connectivity index (χ0n) is 8.73. The van der Waals surface area contributed by atoms with Crippen LogP contribution in [0, 0.1) is 0 Å². The van der Waals surface area contributed by atoms with Gasteiger partial charge in [0.15, 0.2) is 0 Å². The first-order valence-electron chi connectivity index (χ1n) is 4.75. The number of nitrogens with two attached hydrogens (primary N) is 1. The van der Waals surface area contributed by atoms with E-state index in [0.29, 0.717) is 0 Å². The van der Waals surface area contributed by atoms with Crippen molar-refractivity contribution in [2.24, 2.45) is 12.8 Å². The summed E-state index contributed by atoms with van der Waals surface area (Å²) in [6, 6.07) is 8.28. The van der Waals surface area contributed by atoms with Crippen molar-refractivity contribution >= 4 is 22.6 Å². The molecular formula is C11H11N3O2. The van der Waals surface area contributed by atoms with Gasteiger partial charge in [0.05, 0.1) is 5.52 Å². The van der Waals surface area contributed by atoms with Gasteiger partial charge in [-0.1, -0.05) is 18.2 Å². The van der Waals surface area contributed by atoms with E-state index in [9.17, 15) is 9.59 Å². The molecule has 2 amide bonds. The van der Waals surface area contributed by atoms with Crippen molar-refractivity contribution in [1.29, 1.82) is 0 Å². The molecule has 0 aliphatic rings. The van der Waals surface area contributed by atoms with Crippen LogP contribution in [0.5, 0.6) is 0 Å². The van der Waals surface area contributed by atoms with Gasteiger partial charge in [0.2, 0.25) is 0 Å². The maximum Gasteiger partial charge on any atom is 0.316 e. The predicted molar refractivity (Wildman–Crippen MR) is 62.4 cm³/mol. The van der Waals surface area contributed by atoms with E-state index in [4.69, 9.17) is 5.73 Å². The number of benzene rings is 1. The molecule has 0 atom stereocenters. The number of nitrogens with one attached hydrogen (secondary N) is 1. The molecule has 2 aromatic rings. The quantitative estimate of drug-likeness (QED) is 0.748. The third kappa shape index (κ3) is 1.63. The summed E-state index contributed by atoms with van der Waals surface area (Å²) in [6.45, 7) is 0. The molecule has 0 saturated carbocycles. The number of aromatic nitrogens is 1. The number of carbonyl (C=O) groups is 1. The Balaban J connectivity index is 2.74. The Morgan fingerprint density at radius 2 is 2.06 bits per heavy atom. The fraction of sp³-hybridized carbons (Fsp3) is 0.0909. The van der Waals surface area contributed by atoms with Gasteiger partial charge in [-0.2, -0.15) is 0 Å². The first-order chi connectivity index (χ1) is 7.59. The van der Waals surface area contributed by atoms with Crippen molar-refractivity contribution < 1.29 is 4.79 Å². The summed E-state index contributed by atoms with van der Waals surface area (Å²) in [6.07, 6.45) is 0. The standard InChI is InChI=1S/C11H11N3O2/c1-14-9-5-3-2-4-7(9)6-8(10(14)15)13-11(12)16/h2-6H,1H3,(H3,12,13,16). The molecule has 1 aromatic heterocycles. The second-order valence-electron chi connectivity index (χ2n) is 3.47. The third-order valence-corrected chi connectivity index (χ3v) is 2.39. The second-order valence-corrected chi connectivity index (χ2v) is 3.47. The molecule has 0 saturated heterocycles. The molecule has 0 bridgehead atoms. The van der Waals surface area contributed by atoms with Gasteiger partial charge in [0.25, 0.3) is 5.56 Å². The van der Waals surface area contributed by atoms with E-state index in [0.717, 1.165) is 10.9 Å². The van der Waals surface area contributed by atoms with Crippen molar-refractivity contribution in [2.45, 2.75) is 0 Å². The molecule has 5 heteroatoms. The molecule has 0 aliphatic heterocycles. The van der Waals surface area contributed by atoms with Gasteiger partial charge in [-0.25, -0.2) is 4.79 Å². The number of rotatable bonds is 1. The highest BCUT2D eigenvalue weighted by molar-refractivity contribution is 5.91. The van der Waals surface area contributed by atoms with Gasteiger partial charge in [0.1, 0.15) is 5.69 Å². The minimum atomic E-state index is -0.743. The number of hydrogen-bond donors (Lipinski definition) is 2. The van der Waals surface area contributed by atoms with Gasteiger partial charge >= 0.3 is 6.03 Å². The van der Waals surface area contributed by atoms with Gasteiger partial charge in [-0.05, 0) is 12.1 Å². The lowest BCUT2D eigenvalue weighted by molar-refractivity contribution is 0.259. The van der Waals surface area contributed by atoms with Crippen molar-refractivity contribution in [1.82, 2.24) is 4.57 Å². The average Bonchev–Trinajstić information content (AvgIpc) is 2.25. The lowest BCUT2D eigenvalue weighted by atomic mass is 10.2. The molecule has 1 aromatic carbocycles. The van der Waals surface area contributed by atoms with E-state index in [2.05, 4.69) is 5.32 Å². The normalized spacial score (nSPS) is 10.3. The molecule has 0 spiro atoms. The number of primary amides is 1. The molecule has 0 aliphatic carbocycles.